The van der Waals surface area contributed by atoms with Crippen molar-refractivity contribution in [2.75, 3.05) is 31.3 Å². The normalized spacial score (nSPS) is 25.6. The zero-order chi connectivity index (χ0) is 21.6. The van der Waals surface area contributed by atoms with E-state index in [-0.39, 0.29) is 11.5 Å². The number of hydrogen-bond acceptors (Lipinski definition) is 9. The predicted molar refractivity (Wildman–Crippen MR) is 105 cm³/mol. The fourth-order valence-corrected chi connectivity index (χ4v) is 4.75. The lowest BCUT2D eigenvalue weighted by molar-refractivity contribution is 0.353. The molecule has 0 amide bonds. The molecule has 27 heavy (non-hydrogen) atoms. The molecule has 3 heterocycles. The second kappa shape index (κ2) is 14.2. The number of rotatable bonds is 1. The molecule has 3 saturated heterocycles. The van der Waals surface area contributed by atoms with Gasteiger partial charge in [0.15, 0.2) is 0 Å². The topological polar surface area (TPSA) is 130 Å². The quantitative estimate of drug-likeness (QED) is 0.432. The van der Waals surface area contributed by atoms with E-state index < -0.39 is 35.6 Å². The molecule has 0 aromatic heterocycles. The van der Waals surface area contributed by atoms with Crippen molar-refractivity contribution < 1.29 is 37.8 Å². The molecule has 0 saturated carbocycles. The summed E-state index contributed by atoms with van der Waals surface area (Å²) in [4.78, 5) is 0. The average molecular weight is 451 g/mol. The Kier molecular flexibility index (Phi) is 15.0. The lowest BCUT2D eigenvalue weighted by atomic mass is 10.3. The van der Waals surface area contributed by atoms with Gasteiger partial charge in [-0.25, -0.2) is 0 Å². The molecular formula is C15H30O9S3. The molecule has 0 radical (unpaired) electrons. The van der Waals surface area contributed by atoms with E-state index in [9.17, 15) is 25.3 Å². The highest BCUT2D eigenvalue weighted by molar-refractivity contribution is 7.87. The Morgan fingerprint density at radius 3 is 1.30 bits per heavy atom. The molecule has 1 unspecified atom stereocenters. The lowest BCUT2D eigenvalue weighted by Crippen LogP contribution is -2.10. The van der Waals surface area contributed by atoms with Crippen LogP contribution in [-0.4, -0.2) is 61.8 Å². The minimum atomic E-state index is -3.26. The van der Waals surface area contributed by atoms with Gasteiger partial charge in [0.25, 0.3) is 30.4 Å². The first kappa shape index (κ1) is 28.4. The first-order valence-electron chi connectivity index (χ1n) is 8.33. The summed E-state index contributed by atoms with van der Waals surface area (Å²) in [6.07, 6.45) is 3.26. The molecule has 3 fully saturated rings. The zero-order valence-electron chi connectivity index (χ0n) is 15.8. The van der Waals surface area contributed by atoms with Crippen molar-refractivity contribution in [2.24, 2.45) is 0 Å². The minimum Gasteiger partial charge on any atom is -0.270 e. The summed E-state index contributed by atoms with van der Waals surface area (Å²) in [6.45, 7) is 14.4. The van der Waals surface area contributed by atoms with Crippen molar-refractivity contribution in [1.82, 2.24) is 0 Å². The molecule has 1 atom stereocenters. The fourth-order valence-electron chi connectivity index (χ4n) is 1.71. The number of hydrogen-bond donors (Lipinski definition) is 0. The first-order valence-corrected chi connectivity index (χ1v) is 13.0. The van der Waals surface area contributed by atoms with E-state index in [1.807, 2.05) is 13.8 Å². The van der Waals surface area contributed by atoms with Crippen LogP contribution in [0.25, 0.3) is 0 Å². The summed E-state index contributed by atoms with van der Waals surface area (Å²) in [7, 11) is -9.35. The van der Waals surface area contributed by atoms with Crippen LogP contribution in [0, 0.1) is 0 Å². The summed E-state index contributed by atoms with van der Waals surface area (Å²) in [5.41, 5.74) is 0. The van der Waals surface area contributed by atoms with Crippen LogP contribution in [0.4, 0.5) is 0 Å². The molecule has 3 aliphatic rings. The maximum Gasteiger partial charge on any atom is 0.273 e. The third-order valence-electron chi connectivity index (χ3n) is 2.89. The smallest absolute Gasteiger partial charge is 0.270 e. The summed E-state index contributed by atoms with van der Waals surface area (Å²) >= 11 is 0. The van der Waals surface area contributed by atoms with Crippen LogP contribution in [0.3, 0.4) is 0 Å². The lowest BCUT2D eigenvalue weighted by Gasteiger charge is -1.96. The maximum atomic E-state index is 10.7. The van der Waals surface area contributed by atoms with Crippen molar-refractivity contribution in [3.05, 3.63) is 25.8 Å². The van der Waals surface area contributed by atoms with Crippen LogP contribution in [0.5, 0.6) is 0 Å². The van der Waals surface area contributed by atoms with E-state index in [4.69, 9.17) is 0 Å². The molecule has 0 aromatic rings. The van der Waals surface area contributed by atoms with Gasteiger partial charge in [0, 0.05) is 0 Å². The van der Waals surface area contributed by atoms with Crippen molar-refractivity contribution in [3.8, 4) is 0 Å². The molecule has 3 aliphatic heterocycles. The van der Waals surface area contributed by atoms with Crippen molar-refractivity contribution in [1.29, 1.82) is 0 Å². The van der Waals surface area contributed by atoms with Gasteiger partial charge in [-0.1, -0.05) is 19.9 Å². The predicted octanol–water partition coefficient (Wildman–Crippen LogP) is 1.59. The van der Waals surface area contributed by atoms with E-state index in [1.54, 1.807) is 0 Å². The van der Waals surface area contributed by atoms with Crippen LogP contribution in [-0.2, 0) is 42.9 Å². The van der Waals surface area contributed by atoms with Crippen LogP contribution >= 0.6 is 0 Å². The largest absolute Gasteiger partial charge is 0.273 e. The summed E-state index contributed by atoms with van der Waals surface area (Å²) in [5, 5.41) is -0.475. The Bertz CT molecular complexity index is 648. The summed E-state index contributed by atoms with van der Waals surface area (Å²) in [6, 6.07) is 0. The Hall–Kier alpha value is -0.790. The van der Waals surface area contributed by atoms with Crippen LogP contribution in [0.1, 0.15) is 33.1 Å². The molecule has 3 rings (SSSR count). The third-order valence-corrected chi connectivity index (χ3v) is 7.18. The van der Waals surface area contributed by atoms with Crippen molar-refractivity contribution >= 4 is 30.4 Å². The molecule has 0 bridgehead atoms. The molecule has 12 heteroatoms. The van der Waals surface area contributed by atoms with Gasteiger partial charge in [0.05, 0.1) is 31.3 Å². The molecule has 0 aliphatic carbocycles. The monoisotopic (exact) mass is 450 g/mol. The summed E-state index contributed by atoms with van der Waals surface area (Å²) in [5.74, 6) is 0.403. The maximum absolute atomic E-state index is 10.7. The van der Waals surface area contributed by atoms with Gasteiger partial charge >= 0.3 is 0 Å². The Labute approximate surface area is 163 Å². The zero-order valence-corrected chi connectivity index (χ0v) is 18.3. The molecule has 9 nitrogen and oxygen atoms in total. The Balaban J connectivity index is 0. The second-order valence-electron chi connectivity index (χ2n) is 4.75. The van der Waals surface area contributed by atoms with Crippen molar-refractivity contribution in [3.63, 3.8) is 0 Å². The van der Waals surface area contributed by atoms with Gasteiger partial charge in [0.1, 0.15) is 5.25 Å². The van der Waals surface area contributed by atoms with Gasteiger partial charge in [-0.3, -0.25) is 12.5 Å². The molecular weight excluding hydrogens is 420 g/mol. The molecule has 0 aromatic carbocycles. The van der Waals surface area contributed by atoms with Crippen LogP contribution in [0.15, 0.2) is 25.8 Å². The molecule has 162 valence electrons. The molecule has 0 spiro atoms. The first-order chi connectivity index (χ1) is 12.6. The average Bonchev–Trinajstić information content (AvgIpc) is 3.32. The Morgan fingerprint density at radius 2 is 1.19 bits per heavy atom. The van der Waals surface area contributed by atoms with E-state index >= 15 is 0 Å². The van der Waals surface area contributed by atoms with Crippen molar-refractivity contribution in [2.45, 2.75) is 38.4 Å². The third kappa shape index (κ3) is 13.1. The van der Waals surface area contributed by atoms with E-state index in [0.717, 1.165) is 0 Å². The minimum absolute atomic E-state index is 0.201. The fraction of sp³-hybridized carbons (Fsp3) is 0.733. The van der Waals surface area contributed by atoms with Gasteiger partial charge < -0.3 is 0 Å². The van der Waals surface area contributed by atoms with E-state index in [2.05, 4.69) is 32.3 Å². The van der Waals surface area contributed by atoms with Gasteiger partial charge in [-0.2, -0.15) is 25.3 Å². The van der Waals surface area contributed by atoms with Crippen LogP contribution < -0.4 is 0 Å². The Morgan fingerprint density at radius 1 is 0.778 bits per heavy atom. The second-order valence-corrected chi connectivity index (χ2v) is 10.1. The van der Waals surface area contributed by atoms with Gasteiger partial charge in [-0.05, 0) is 19.3 Å². The van der Waals surface area contributed by atoms with Gasteiger partial charge in [-0.15, -0.1) is 19.7 Å². The standard InChI is InChI=1S/C5H8O3S.2C3H6O3S.C2H6.C2H4/c1-2-5-3-4-8-9(5,6)7;2*4-7(5)3-1-2-6-7;2*1-2/h2,5H,1,3-4H2;2*1-3H2;1-2H3;1-2H2. The SMILES string of the molecule is C=C.C=CC1CCOS1(=O)=O.CC.O=S1(=O)CCCO1.O=S1(=O)CCCO1. The highest BCUT2D eigenvalue weighted by atomic mass is 32.2. The molecule has 0 N–H and O–H groups in total. The van der Waals surface area contributed by atoms with Crippen LogP contribution in [0.2, 0.25) is 0 Å². The summed E-state index contributed by atoms with van der Waals surface area (Å²) < 4.78 is 75.3. The highest BCUT2D eigenvalue weighted by Crippen LogP contribution is 2.17. The van der Waals surface area contributed by atoms with E-state index in [0.29, 0.717) is 39.1 Å². The highest BCUT2D eigenvalue weighted by Gasteiger charge is 2.29. The van der Waals surface area contributed by atoms with Gasteiger partial charge in [0.2, 0.25) is 0 Å². The van der Waals surface area contributed by atoms with E-state index in [1.165, 1.54) is 6.08 Å².